The number of carbonyl (C=O) groups is 1. The van der Waals surface area contributed by atoms with Gasteiger partial charge >= 0.3 is 0 Å². The molecular weight excluding hydrogens is 1250 g/mol. The van der Waals surface area contributed by atoms with Crippen LogP contribution in [0.25, 0.3) is 0 Å². The zero-order chi connectivity index (χ0) is 72.2. The summed E-state index contributed by atoms with van der Waals surface area (Å²) in [6.45, 7) is 2.81. The Labute approximate surface area is 612 Å². The van der Waals surface area contributed by atoms with Gasteiger partial charge in [0, 0.05) is 6.42 Å². The minimum absolute atomic E-state index is 0.201. The van der Waals surface area contributed by atoms with Crippen LogP contribution in [0.2, 0.25) is 0 Å². The quantitative estimate of drug-likeness (QED) is 0.0204. The standard InChI is InChI=1S/C86H157NO13/c1-3-5-7-9-11-13-15-17-19-21-23-25-27-29-31-33-34-35-36-37-38-39-40-42-44-46-48-50-52-54-56-58-60-62-64-66-68-70-78(91)87-74(73-97-85-83(96)81(94)84(77(72-89)99-85)100-86-82(95)80(93)79(92)76(71-88)98-86)75(90)69-67-65-63-61-59-57-55-53-51-49-47-45-43-41-32-30-28-26-24-22-20-18-16-14-12-10-8-6-4-2/h5,7,11,13,17,19,23,25,29,31,34-35,74-77,79-86,88-90,92-96H,3-4,6,8-10,12,14-16,18,20-22,24,26-28,30,32-33,36-73H2,1-2H3,(H,87,91)/b7-5-,13-11-,19-17-,25-23-,31-29-,35-34-. The Morgan fingerprint density at radius 1 is 0.370 bits per heavy atom. The van der Waals surface area contributed by atoms with Gasteiger partial charge in [0.05, 0.1) is 32.0 Å². The first-order valence-corrected chi connectivity index (χ1v) is 42.2. The molecule has 9 N–H and O–H groups in total. The molecule has 2 aliphatic rings. The lowest BCUT2D eigenvalue weighted by atomic mass is 9.97. The van der Waals surface area contributed by atoms with Crippen molar-refractivity contribution >= 4 is 5.91 Å². The maximum atomic E-state index is 13.4. The van der Waals surface area contributed by atoms with Crippen LogP contribution in [0.4, 0.5) is 0 Å². The molecule has 0 radical (unpaired) electrons. The summed E-state index contributed by atoms with van der Waals surface area (Å²) >= 11 is 0. The SMILES string of the molecule is CC/C=C\C/C=C\C/C=C\C/C=C\C/C=C\C/C=C\CCCCCCCCCCCCCCCCCCCCC(=O)NC(COC1OC(CO)C(OC2OC(CO)C(O)C(O)C2O)C(O)C1O)C(O)CCCCCCCCCCCCCCCCCCCCCCCCCCCCCCC. The molecule has 0 bridgehead atoms. The van der Waals surface area contributed by atoms with Crippen LogP contribution in [-0.4, -0.2) is 140 Å². The smallest absolute Gasteiger partial charge is 0.220 e. The van der Waals surface area contributed by atoms with Crippen LogP contribution in [0.3, 0.4) is 0 Å². The van der Waals surface area contributed by atoms with Gasteiger partial charge in [0.15, 0.2) is 12.6 Å². The van der Waals surface area contributed by atoms with Crippen molar-refractivity contribution < 1.29 is 64.6 Å². The van der Waals surface area contributed by atoms with Gasteiger partial charge in [-0.1, -0.05) is 376 Å². The number of unbranched alkanes of at least 4 members (excludes halogenated alkanes) is 46. The number of hydrogen-bond donors (Lipinski definition) is 9. The molecule has 2 fully saturated rings. The number of amides is 1. The van der Waals surface area contributed by atoms with Gasteiger partial charge in [0.2, 0.25) is 5.91 Å². The van der Waals surface area contributed by atoms with Crippen LogP contribution < -0.4 is 5.32 Å². The van der Waals surface area contributed by atoms with Crippen LogP contribution in [-0.2, 0) is 23.7 Å². The third kappa shape index (κ3) is 51.6. The van der Waals surface area contributed by atoms with Gasteiger partial charge in [-0.3, -0.25) is 4.79 Å². The first-order valence-electron chi connectivity index (χ1n) is 42.2. The molecule has 12 unspecified atom stereocenters. The molecule has 2 rings (SSSR count). The van der Waals surface area contributed by atoms with Gasteiger partial charge in [-0.15, -0.1) is 0 Å². The average molecular weight is 1410 g/mol. The molecule has 0 aromatic heterocycles. The molecular formula is C86H157NO13. The zero-order valence-corrected chi connectivity index (χ0v) is 64.2. The molecule has 0 aliphatic carbocycles. The van der Waals surface area contributed by atoms with E-state index in [-0.39, 0.29) is 12.5 Å². The predicted molar refractivity (Wildman–Crippen MR) is 415 cm³/mol. The average Bonchev–Trinajstić information content (AvgIpc) is 0.791. The third-order valence-corrected chi connectivity index (χ3v) is 20.4. The first-order chi connectivity index (χ1) is 49.1. The van der Waals surface area contributed by atoms with Gasteiger partial charge < -0.3 is 65.1 Å². The van der Waals surface area contributed by atoms with E-state index in [0.29, 0.717) is 12.8 Å². The van der Waals surface area contributed by atoms with Crippen molar-refractivity contribution in [2.75, 3.05) is 19.8 Å². The summed E-state index contributed by atoms with van der Waals surface area (Å²) in [7, 11) is 0. The molecule has 1 amide bonds. The van der Waals surface area contributed by atoms with Gasteiger partial charge in [-0.2, -0.15) is 0 Å². The van der Waals surface area contributed by atoms with Gasteiger partial charge in [-0.25, -0.2) is 0 Å². The molecule has 14 nitrogen and oxygen atoms in total. The van der Waals surface area contributed by atoms with Crippen molar-refractivity contribution in [3.05, 3.63) is 72.9 Å². The van der Waals surface area contributed by atoms with E-state index >= 15 is 0 Å². The Morgan fingerprint density at radius 2 is 0.690 bits per heavy atom. The number of nitrogens with one attached hydrogen (secondary N) is 1. The summed E-state index contributed by atoms with van der Waals surface area (Å²) in [6, 6.07) is -0.833. The molecule has 0 aromatic rings. The monoisotopic (exact) mass is 1410 g/mol. The summed E-state index contributed by atoms with van der Waals surface area (Å²) in [5.74, 6) is -0.201. The number of allylic oxidation sites excluding steroid dienone is 12. The highest BCUT2D eigenvalue weighted by molar-refractivity contribution is 5.76. The van der Waals surface area contributed by atoms with E-state index in [2.05, 4.69) is 92.1 Å². The van der Waals surface area contributed by atoms with Crippen molar-refractivity contribution in [2.45, 2.75) is 447 Å². The Bertz CT molecular complexity index is 1960. The van der Waals surface area contributed by atoms with Gasteiger partial charge in [0.25, 0.3) is 0 Å². The molecule has 2 aliphatic heterocycles. The fourth-order valence-electron chi connectivity index (χ4n) is 13.8. The maximum Gasteiger partial charge on any atom is 0.220 e. The summed E-state index contributed by atoms with van der Waals surface area (Å²) in [5.41, 5.74) is 0. The topological polar surface area (TPSA) is 228 Å². The molecule has 584 valence electrons. The van der Waals surface area contributed by atoms with E-state index in [1.165, 1.54) is 257 Å². The van der Waals surface area contributed by atoms with E-state index in [0.717, 1.165) is 89.9 Å². The predicted octanol–water partition coefficient (Wildman–Crippen LogP) is 19.7. The second kappa shape index (κ2) is 69.5. The molecule has 2 saturated heterocycles. The highest BCUT2D eigenvalue weighted by Crippen LogP contribution is 2.31. The van der Waals surface area contributed by atoms with E-state index in [9.17, 15) is 45.6 Å². The van der Waals surface area contributed by atoms with Gasteiger partial charge in [0.1, 0.15) is 48.8 Å². The molecule has 100 heavy (non-hydrogen) atoms. The van der Waals surface area contributed by atoms with Crippen molar-refractivity contribution in [1.82, 2.24) is 5.32 Å². The van der Waals surface area contributed by atoms with Crippen molar-refractivity contribution in [2.24, 2.45) is 0 Å². The summed E-state index contributed by atoms with van der Waals surface area (Å²) in [6.07, 6.45) is 79.5. The van der Waals surface area contributed by atoms with Crippen LogP contribution in [0.1, 0.15) is 373 Å². The fourth-order valence-corrected chi connectivity index (χ4v) is 13.8. The number of hydrogen-bond acceptors (Lipinski definition) is 13. The number of rotatable bonds is 71. The maximum absolute atomic E-state index is 13.4. The molecule has 0 spiro atoms. The van der Waals surface area contributed by atoms with Crippen molar-refractivity contribution in [3.8, 4) is 0 Å². The van der Waals surface area contributed by atoms with Crippen LogP contribution in [0.15, 0.2) is 72.9 Å². The Hall–Kier alpha value is -2.57. The van der Waals surface area contributed by atoms with Crippen molar-refractivity contribution in [3.63, 3.8) is 0 Å². The highest BCUT2D eigenvalue weighted by atomic mass is 16.7. The number of carbonyl (C=O) groups excluding carboxylic acids is 1. The number of aliphatic hydroxyl groups is 8. The summed E-state index contributed by atoms with van der Waals surface area (Å²) in [5, 5.41) is 88.0. The first kappa shape index (κ1) is 93.5. The third-order valence-electron chi connectivity index (χ3n) is 20.4. The second-order valence-electron chi connectivity index (χ2n) is 29.6. The lowest BCUT2D eigenvalue weighted by molar-refractivity contribution is -0.359. The van der Waals surface area contributed by atoms with E-state index in [4.69, 9.17) is 18.9 Å². The lowest BCUT2D eigenvalue weighted by Gasteiger charge is -2.46. The normalized spacial score (nSPS) is 22.2. The number of aliphatic hydroxyl groups excluding tert-OH is 8. The molecule has 14 heteroatoms. The second-order valence-corrected chi connectivity index (χ2v) is 29.6. The lowest BCUT2D eigenvalue weighted by Crippen LogP contribution is -2.65. The highest BCUT2D eigenvalue weighted by Gasteiger charge is 2.51. The molecule has 0 aromatic carbocycles. The van der Waals surface area contributed by atoms with Crippen molar-refractivity contribution in [1.29, 1.82) is 0 Å². The largest absolute Gasteiger partial charge is 0.394 e. The fraction of sp³-hybridized carbons (Fsp3) is 0.849. The van der Waals surface area contributed by atoms with Crippen LogP contribution in [0, 0.1) is 0 Å². The summed E-state index contributed by atoms with van der Waals surface area (Å²) < 4.78 is 23.0. The zero-order valence-electron chi connectivity index (χ0n) is 64.2. The van der Waals surface area contributed by atoms with E-state index < -0.39 is 86.8 Å². The minimum Gasteiger partial charge on any atom is -0.394 e. The molecule has 0 saturated carbocycles. The van der Waals surface area contributed by atoms with Gasteiger partial charge in [-0.05, 0) is 64.2 Å². The number of ether oxygens (including phenoxy) is 4. The van der Waals surface area contributed by atoms with E-state index in [1.807, 2.05) is 0 Å². The van der Waals surface area contributed by atoms with Crippen LogP contribution in [0.5, 0.6) is 0 Å². The van der Waals surface area contributed by atoms with Crippen LogP contribution >= 0.6 is 0 Å². The molecule has 2 heterocycles. The summed E-state index contributed by atoms with van der Waals surface area (Å²) in [4.78, 5) is 13.4. The van der Waals surface area contributed by atoms with E-state index in [1.54, 1.807) is 0 Å². The Morgan fingerprint density at radius 3 is 1.06 bits per heavy atom. The minimum atomic E-state index is -1.78. The molecule has 12 atom stereocenters. The Kier molecular flexibility index (Phi) is 65.0. The Balaban J connectivity index is 1.58.